The zero-order valence-electron chi connectivity index (χ0n) is 10.3. The first kappa shape index (κ1) is 11.8. The van der Waals surface area contributed by atoms with Crippen LogP contribution in [0, 0.1) is 5.41 Å². The summed E-state index contributed by atoms with van der Waals surface area (Å²) < 4.78 is 15.7. The normalized spacial score (nSPS) is 13.6. The van der Waals surface area contributed by atoms with Gasteiger partial charge in [-0.2, -0.15) is 0 Å². The van der Waals surface area contributed by atoms with E-state index in [1.807, 2.05) is 20.8 Å². The van der Waals surface area contributed by atoms with Crippen molar-refractivity contribution in [3.63, 3.8) is 0 Å². The van der Waals surface area contributed by atoms with Crippen LogP contribution in [0.15, 0.2) is 18.2 Å². The lowest BCUT2D eigenvalue weighted by Gasteiger charge is -2.20. The minimum atomic E-state index is -0.476. The molecule has 92 valence electrons. The number of esters is 1. The summed E-state index contributed by atoms with van der Waals surface area (Å²) in [5.41, 5.74) is -0.476. The molecule has 1 aliphatic heterocycles. The van der Waals surface area contributed by atoms with Crippen molar-refractivity contribution >= 4 is 5.97 Å². The van der Waals surface area contributed by atoms with Crippen molar-refractivity contribution in [3.8, 4) is 17.2 Å². The van der Waals surface area contributed by atoms with Crippen LogP contribution in [0.3, 0.4) is 0 Å². The van der Waals surface area contributed by atoms with Crippen LogP contribution in [0.1, 0.15) is 27.2 Å². The lowest BCUT2D eigenvalue weighted by atomic mass is 9.91. The third-order valence-corrected chi connectivity index (χ3v) is 2.99. The molecule has 2 rings (SSSR count). The van der Waals surface area contributed by atoms with Crippen LogP contribution in [0.4, 0.5) is 0 Å². The standard InChI is InChI=1S/C13H16O4/c1-4-13(2,3)12(14)17-9-5-6-10-11(7-9)16-8-15-10/h5-7H,4,8H2,1-3H3. The molecule has 0 N–H and O–H groups in total. The maximum atomic E-state index is 11.9. The van der Waals surface area contributed by atoms with Crippen molar-refractivity contribution in [2.75, 3.05) is 6.79 Å². The molecule has 1 heterocycles. The van der Waals surface area contributed by atoms with Gasteiger partial charge in [0.2, 0.25) is 6.79 Å². The molecule has 0 aliphatic carbocycles. The molecular formula is C13H16O4. The maximum absolute atomic E-state index is 11.9. The van der Waals surface area contributed by atoms with Gasteiger partial charge in [-0.25, -0.2) is 0 Å². The molecule has 0 aromatic heterocycles. The van der Waals surface area contributed by atoms with E-state index in [1.165, 1.54) is 0 Å². The minimum Gasteiger partial charge on any atom is -0.454 e. The summed E-state index contributed by atoms with van der Waals surface area (Å²) in [7, 11) is 0. The number of fused-ring (bicyclic) bond motifs is 1. The summed E-state index contributed by atoms with van der Waals surface area (Å²) >= 11 is 0. The van der Waals surface area contributed by atoms with Crippen molar-refractivity contribution in [3.05, 3.63) is 18.2 Å². The lowest BCUT2D eigenvalue weighted by Crippen LogP contribution is -2.28. The molecule has 1 aromatic carbocycles. The summed E-state index contributed by atoms with van der Waals surface area (Å²) in [4.78, 5) is 11.9. The van der Waals surface area contributed by atoms with Crippen LogP contribution in [-0.4, -0.2) is 12.8 Å². The molecule has 0 radical (unpaired) electrons. The van der Waals surface area contributed by atoms with Crippen molar-refractivity contribution in [2.45, 2.75) is 27.2 Å². The van der Waals surface area contributed by atoms with Gasteiger partial charge in [0.25, 0.3) is 0 Å². The third kappa shape index (κ3) is 2.35. The highest BCUT2D eigenvalue weighted by molar-refractivity contribution is 5.78. The van der Waals surface area contributed by atoms with Gasteiger partial charge in [-0.05, 0) is 32.4 Å². The molecule has 1 aliphatic rings. The SMILES string of the molecule is CCC(C)(C)C(=O)Oc1ccc2c(c1)OCO2. The van der Waals surface area contributed by atoms with E-state index in [0.717, 1.165) is 6.42 Å². The predicted molar refractivity (Wildman–Crippen MR) is 62.3 cm³/mol. The Labute approximate surface area is 100 Å². The van der Waals surface area contributed by atoms with Crippen molar-refractivity contribution in [1.82, 2.24) is 0 Å². The summed E-state index contributed by atoms with van der Waals surface area (Å²) in [5, 5.41) is 0. The summed E-state index contributed by atoms with van der Waals surface area (Å²) in [6.07, 6.45) is 0.733. The first-order valence-electron chi connectivity index (χ1n) is 5.65. The Kier molecular flexibility index (Phi) is 2.96. The van der Waals surface area contributed by atoms with Crippen LogP contribution in [0.2, 0.25) is 0 Å². The van der Waals surface area contributed by atoms with Crippen LogP contribution < -0.4 is 14.2 Å². The number of benzene rings is 1. The van der Waals surface area contributed by atoms with Crippen molar-refractivity contribution < 1.29 is 19.0 Å². The van der Waals surface area contributed by atoms with E-state index in [0.29, 0.717) is 17.2 Å². The number of rotatable bonds is 3. The second kappa shape index (κ2) is 4.28. The Morgan fingerprint density at radius 2 is 2.06 bits per heavy atom. The van der Waals surface area contributed by atoms with Gasteiger partial charge in [0.05, 0.1) is 5.41 Å². The Balaban J connectivity index is 2.12. The van der Waals surface area contributed by atoms with Gasteiger partial charge in [0.1, 0.15) is 5.75 Å². The van der Waals surface area contributed by atoms with E-state index in [4.69, 9.17) is 14.2 Å². The van der Waals surface area contributed by atoms with Gasteiger partial charge in [-0.1, -0.05) is 6.92 Å². The highest BCUT2D eigenvalue weighted by Gasteiger charge is 2.28. The lowest BCUT2D eigenvalue weighted by molar-refractivity contribution is -0.144. The monoisotopic (exact) mass is 236 g/mol. The largest absolute Gasteiger partial charge is 0.454 e. The molecule has 0 unspecified atom stereocenters. The third-order valence-electron chi connectivity index (χ3n) is 2.99. The smallest absolute Gasteiger partial charge is 0.316 e. The highest BCUT2D eigenvalue weighted by atomic mass is 16.7. The first-order chi connectivity index (χ1) is 8.03. The molecule has 0 bridgehead atoms. The molecule has 4 heteroatoms. The molecule has 0 spiro atoms. The molecule has 0 fully saturated rings. The second-order valence-corrected chi connectivity index (χ2v) is 4.64. The van der Waals surface area contributed by atoms with Gasteiger partial charge < -0.3 is 14.2 Å². The summed E-state index contributed by atoms with van der Waals surface area (Å²) in [6.45, 7) is 5.90. The van der Waals surface area contributed by atoms with E-state index in [9.17, 15) is 4.79 Å². The number of hydrogen-bond donors (Lipinski definition) is 0. The van der Waals surface area contributed by atoms with Crippen LogP contribution >= 0.6 is 0 Å². The molecule has 4 nitrogen and oxygen atoms in total. The van der Waals surface area contributed by atoms with Crippen LogP contribution in [-0.2, 0) is 4.79 Å². The summed E-state index contributed by atoms with van der Waals surface area (Å²) in [6, 6.07) is 5.12. The number of hydrogen-bond acceptors (Lipinski definition) is 4. The van der Waals surface area contributed by atoms with E-state index >= 15 is 0 Å². The first-order valence-corrected chi connectivity index (χ1v) is 5.65. The Hall–Kier alpha value is -1.71. The molecular weight excluding hydrogens is 220 g/mol. The molecule has 0 saturated carbocycles. The molecule has 0 atom stereocenters. The molecule has 0 amide bonds. The van der Waals surface area contributed by atoms with E-state index in [1.54, 1.807) is 18.2 Å². The van der Waals surface area contributed by atoms with Gasteiger partial charge in [0, 0.05) is 6.07 Å². The van der Waals surface area contributed by atoms with Gasteiger partial charge >= 0.3 is 5.97 Å². The Morgan fingerprint density at radius 3 is 2.76 bits per heavy atom. The number of ether oxygens (including phenoxy) is 3. The molecule has 17 heavy (non-hydrogen) atoms. The minimum absolute atomic E-state index is 0.215. The average molecular weight is 236 g/mol. The fourth-order valence-electron chi connectivity index (χ4n) is 1.33. The van der Waals surface area contributed by atoms with Gasteiger partial charge in [-0.3, -0.25) is 4.79 Å². The zero-order valence-corrected chi connectivity index (χ0v) is 10.3. The number of carbonyl (C=O) groups excluding carboxylic acids is 1. The topological polar surface area (TPSA) is 44.8 Å². The van der Waals surface area contributed by atoms with Crippen molar-refractivity contribution in [2.24, 2.45) is 5.41 Å². The van der Waals surface area contributed by atoms with Crippen LogP contribution in [0.25, 0.3) is 0 Å². The highest BCUT2D eigenvalue weighted by Crippen LogP contribution is 2.35. The average Bonchev–Trinajstić information content (AvgIpc) is 2.76. The molecule has 1 aromatic rings. The van der Waals surface area contributed by atoms with E-state index in [-0.39, 0.29) is 12.8 Å². The van der Waals surface area contributed by atoms with E-state index in [2.05, 4.69) is 0 Å². The van der Waals surface area contributed by atoms with E-state index < -0.39 is 5.41 Å². The second-order valence-electron chi connectivity index (χ2n) is 4.64. The Bertz CT molecular complexity index is 437. The quantitative estimate of drug-likeness (QED) is 0.598. The van der Waals surface area contributed by atoms with Gasteiger partial charge in [-0.15, -0.1) is 0 Å². The fourth-order valence-corrected chi connectivity index (χ4v) is 1.33. The predicted octanol–water partition coefficient (Wildman–Crippen LogP) is 2.76. The fraction of sp³-hybridized carbons (Fsp3) is 0.462. The number of carbonyl (C=O) groups is 1. The summed E-state index contributed by atoms with van der Waals surface area (Å²) in [5.74, 6) is 1.55. The maximum Gasteiger partial charge on any atom is 0.316 e. The van der Waals surface area contributed by atoms with Crippen LogP contribution in [0.5, 0.6) is 17.2 Å². The van der Waals surface area contributed by atoms with Crippen molar-refractivity contribution in [1.29, 1.82) is 0 Å². The zero-order chi connectivity index (χ0) is 12.5. The molecule has 0 saturated heterocycles. The van der Waals surface area contributed by atoms with Gasteiger partial charge in [0.15, 0.2) is 11.5 Å². The Morgan fingerprint density at radius 1 is 1.35 bits per heavy atom.